The van der Waals surface area contributed by atoms with Gasteiger partial charge in [-0.2, -0.15) is 10.2 Å². The minimum Gasteiger partial charge on any atom is -0.481 e. The van der Waals surface area contributed by atoms with Crippen LogP contribution in [0.4, 0.5) is 0 Å². The van der Waals surface area contributed by atoms with Gasteiger partial charge in [-0.15, -0.1) is 0 Å². The molecule has 1 N–H and O–H groups in total. The average Bonchev–Trinajstić information content (AvgIpc) is 2.94. The highest BCUT2D eigenvalue weighted by Crippen LogP contribution is 2.31. The number of halogens is 1. The van der Waals surface area contributed by atoms with E-state index in [0.717, 1.165) is 31.6 Å². The fraction of sp³-hybridized carbons (Fsp3) is 0.250. The van der Waals surface area contributed by atoms with Gasteiger partial charge in [0.1, 0.15) is 3.70 Å². The molecule has 0 aliphatic heterocycles. The Labute approximate surface area is 123 Å². The van der Waals surface area contributed by atoms with Crippen LogP contribution < -0.4 is 4.74 Å². The molecule has 3 heterocycles. The Balaban J connectivity index is 2.27. The average molecular weight is 369 g/mol. The first-order valence-electron chi connectivity index (χ1n) is 5.69. The summed E-state index contributed by atoms with van der Waals surface area (Å²) in [4.78, 5) is 4.60. The third kappa shape index (κ3) is 1.88. The first-order valence-corrected chi connectivity index (χ1v) is 6.77. The molecule has 0 fully saturated rings. The predicted molar refractivity (Wildman–Crippen MR) is 80.1 cm³/mol. The number of pyridine rings is 1. The predicted octanol–water partition coefficient (Wildman–Crippen LogP) is 2.28. The summed E-state index contributed by atoms with van der Waals surface area (Å²) in [6.07, 6.45) is 1.76. The number of fused-ring (bicyclic) bond motifs is 1. The Bertz CT molecular complexity index is 761. The number of hydrogen-bond acceptors (Lipinski definition) is 4. The van der Waals surface area contributed by atoms with E-state index in [1.54, 1.807) is 18.0 Å². The van der Waals surface area contributed by atoms with Gasteiger partial charge in [-0.05, 0) is 35.6 Å². The van der Waals surface area contributed by atoms with E-state index in [0.29, 0.717) is 5.88 Å². The van der Waals surface area contributed by atoms with Gasteiger partial charge in [0.25, 0.3) is 0 Å². The lowest BCUT2D eigenvalue weighted by atomic mass is 10.1. The van der Waals surface area contributed by atoms with Crippen molar-refractivity contribution in [2.75, 3.05) is 7.11 Å². The third-order valence-corrected chi connectivity index (χ3v) is 3.86. The van der Waals surface area contributed by atoms with Gasteiger partial charge < -0.3 is 4.74 Å². The molecule has 0 amide bonds. The van der Waals surface area contributed by atoms with Crippen LogP contribution in [0.2, 0.25) is 0 Å². The maximum absolute atomic E-state index is 5.37. The van der Waals surface area contributed by atoms with Gasteiger partial charge in [0, 0.05) is 12.4 Å². The van der Waals surface area contributed by atoms with Gasteiger partial charge in [0.2, 0.25) is 5.88 Å². The first kappa shape index (κ1) is 12.4. The number of rotatable bonds is 2. The van der Waals surface area contributed by atoms with Crippen molar-refractivity contribution in [2.24, 2.45) is 7.05 Å². The van der Waals surface area contributed by atoms with E-state index in [9.17, 15) is 0 Å². The zero-order valence-corrected chi connectivity index (χ0v) is 12.9. The van der Waals surface area contributed by atoms with Gasteiger partial charge in [-0.25, -0.2) is 4.68 Å². The van der Waals surface area contributed by atoms with Gasteiger partial charge in [0.15, 0.2) is 0 Å². The van der Waals surface area contributed by atoms with Crippen molar-refractivity contribution >= 4 is 33.5 Å². The quantitative estimate of drug-likeness (QED) is 0.704. The largest absolute Gasteiger partial charge is 0.481 e. The minimum atomic E-state index is 0.699. The second kappa shape index (κ2) is 4.48. The standard InChI is InChI=1S/C12H12IN5O/c1-6-10-7(11(13)17-16-10)4-9(15-6)8-5-14-18(2)12(8)19-3/h4-5H,1-3H3,(H,16,17). The molecule has 7 heteroatoms. The van der Waals surface area contributed by atoms with E-state index < -0.39 is 0 Å². The number of hydrogen-bond donors (Lipinski definition) is 1. The summed E-state index contributed by atoms with van der Waals surface area (Å²) in [7, 11) is 3.48. The fourth-order valence-corrected chi connectivity index (χ4v) is 2.67. The van der Waals surface area contributed by atoms with Crippen LogP contribution in [-0.4, -0.2) is 32.1 Å². The zero-order valence-electron chi connectivity index (χ0n) is 10.7. The summed E-state index contributed by atoms with van der Waals surface area (Å²) in [5.74, 6) is 0.699. The number of aryl methyl sites for hydroxylation is 2. The summed E-state index contributed by atoms with van der Waals surface area (Å²) in [6.45, 7) is 1.96. The molecule has 0 bridgehead atoms. The number of H-pyrrole nitrogens is 1. The Morgan fingerprint density at radius 2 is 2.21 bits per heavy atom. The van der Waals surface area contributed by atoms with Gasteiger partial charge in [0.05, 0.1) is 35.8 Å². The van der Waals surface area contributed by atoms with E-state index in [-0.39, 0.29) is 0 Å². The minimum absolute atomic E-state index is 0.699. The highest BCUT2D eigenvalue weighted by Gasteiger charge is 2.15. The topological polar surface area (TPSA) is 68.6 Å². The van der Waals surface area contributed by atoms with Crippen molar-refractivity contribution in [3.63, 3.8) is 0 Å². The van der Waals surface area contributed by atoms with E-state index in [1.165, 1.54) is 0 Å². The molecule has 0 unspecified atom stereocenters. The van der Waals surface area contributed by atoms with Gasteiger partial charge in [-0.3, -0.25) is 10.1 Å². The maximum Gasteiger partial charge on any atom is 0.220 e. The molecule has 3 aromatic rings. The van der Waals surface area contributed by atoms with Crippen molar-refractivity contribution in [1.29, 1.82) is 0 Å². The Morgan fingerprint density at radius 1 is 1.42 bits per heavy atom. The molecular formula is C12H12IN5O. The van der Waals surface area contributed by atoms with E-state index >= 15 is 0 Å². The van der Waals surface area contributed by atoms with Crippen LogP contribution >= 0.6 is 22.6 Å². The molecule has 6 nitrogen and oxygen atoms in total. The van der Waals surface area contributed by atoms with Crippen LogP contribution in [0.3, 0.4) is 0 Å². The lowest BCUT2D eigenvalue weighted by molar-refractivity contribution is 0.375. The highest BCUT2D eigenvalue weighted by atomic mass is 127. The molecule has 3 aromatic heterocycles. The molecule has 19 heavy (non-hydrogen) atoms. The Hall–Kier alpha value is -1.64. The zero-order chi connectivity index (χ0) is 13.6. The van der Waals surface area contributed by atoms with Crippen molar-refractivity contribution in [2.45, 2.75) is 6.92 Å². The maximum atomic E-state index is 5.37. The molecule has 0 saturated carbocycles. The summed E-state index contributed by atoms with van der Waals surface area (Å²) in [5.41, 5.74) is 3.60. The van der Waals surface area contributed by atoms with Crippen molar-refractivity contribution in [3.8, 4) is 17.1 Å². The molecule has 0 radical (unpaired) electrons. The van der Waals surface area contributed by atoms with Crippen molar-refractivity contribution in [3.05, 3.63) is 21.7 Å². The molecule has 98 valence electrons. The second-order valence-corrected chi connectivity index (χ2v) is 5.24. The van der Waals surface area contributed by atoms with Crippen molar-refractivity contribution in [1.82, 2.24) is 25.0 Å². The van der Waals surface area contributed by atoms with Gasteiger partial charge in [-0.1, -0.05) is 0 Å². The fourth-order valence-electron chi connectivity index (χ4n) is 2.12. The molecule has 0 saturated heterocycles. The second-order valence-electron chi connectivity index (χ2n) is 4.22. The van der Waals surface area contributed by atoms with E-state index in [1.807, 2.05) is 20.0 Å². The monoisotopic (exact) mass is 369 g/mol. The molecule has 0 aliphatic carbocycles. The van der Waals surface area contributed by atoms with Crippen LogP contribution in [0, 0.1) is 10.6 Å². The normalized spacial score (nSPS) is 11.2. The summed E-state index contributed by atoms with van der Waals surface area (Å²) in [5, 5.41) is 12.5. The summed E-state index contributed by atoms with van der Waals surface area (Å²) in [6, 6.07) is 2.01. The van der Waals surface area contributed by atoms with Crippen LogP contribution in [-0.2, 0) is 7.05 Å². The van der Waals surface area contributed by atoms with E-state index in [2.05, 4.69) is 42.9 Å². The number of nitrogens with zero attached hydrogens (tertiary/aromatic N) is 4. The highest BCUT2D eigenvalue weighted by molar-refractivity contribution is 14.1. The molecular weight excluding hydrogens is 357 g/mol. The van der Waals surface area contributed by atoms with E-state index in [4.69, 9.17) is 4.74 Å². The SMILES string of the molecule is COc1c(-c2cc3c(I)n[nH]c3c(C)n2)cnn1C. The van der Waals surface area contributed by atoms with Crippen LogP contribution in [0.15, 0.2) is 12.3 Å². The molecule has 3 rings (SSSR count). The third-order valence-electron chi connectivity index (χ3n) is 3.04. The number of aromatic nitrogens is 5. The van der Waals surface area contributed by atoms with Gasteiger partial charge >= 0.3 is 0 Å². The summed E-state index contributed by atoms with van der Waals surface area (Å²) >= 11 is 2.21. The number of aromatic amines is 1. The lowest BCUT2D eigenvalue weighted by Gasteiger charge is -2.05. The molecule has 0 aliphatic rings. The number of methoxy groups -OCH3 is 1. The lowest BCUT2D eigenvalue weighted by Crippen LogP contribution is -1.96. The molecule has 0 spiro atoms. The smallest absolute Gasteiger partial charge is 0.220 e. The first-order chi connectivity index (χ1) is 9.11. The summed E-state index contributed by atoms with van der Waals surface area (Å²) < 4.78 is 7.99. The number of nitrogens with one attached hydrogen (secondary N) is 1. The van der Waals surface area contributed by atoms with Crippen molar-refractivity contribution < 1.29 is 4.74 Å². The molecule has 0 atom stereocenters. The van der Waals surface area contributed by atoms with Crippen LogP contribution in [0.1, 0.15) is 5.69 Å². The van der Waals surface area contributed by atoms with Crippen LogP contribution in [0.25, 0.3) is 22.2 Å². The van der Waals surface area contributed by atoms with Crippen LogP contribution in [0.5, 0.6) is 5.88 Å². The Kier molecular flexibility index (Phi) is 2.92. The number of ether oxygens (including phenoxy) is 1. The molecule has 0 aromatic carbocycles. The Morgan fingerprint density at radius 3 is 2.95 bits per heavy atom.